The molecule has 0 aliphatic carbocycles. The molecular weight excluding hydrogens is 535 g/mol. The molecule has 0 saturated carbocycles. The van der Waals surface area contributed by atoms with Gasteiger partial charge in [-0.2, -0.15) is 0 Å². The van der Waals surface area contributed by atoms with Crippen LogP contribution in [0.1, 0.15) is 11.3 Å². The molecule has 1 atom stereocenters. The van der Waals surface area contributed by atoms with Crippen molar-refractivity contribution in [2.75, 3.05) is 11.9 Å². The summed E-state index contributed by atoms with van der Waals surface area (Å²) in [4.78, 5) is 17.3. The number of carboxylic acid groups (broad SMARTS) is 1. The predicted molar refractivity (Wildman–Crippen MR) is 145 cm³/mol. The lowest BCUT2D eigenvalue weighted by Crippen LogP contribution is -2.47. The third-order valence-corrected chi connectivity index (χ3v) is 8.05. The monoisotopic (exact) mass is 558 g/mol. The van der Waals surface area contributed by atoms with E-state index in [0.29, 0.717) is 10.6 Å². The minimum Gasteiger partial charge on any atom is -0.480 e. The Balaban J connectivity index is 0.00000380. The molecule has 0 aliphatic rings. The molecule has 4 aromatic rings. The maximum Gasteiger partial charge on any atom is 0.322 e. The first-order valence-electron chi connectivity index (χ1n) is 10.9. The molecule has 192 valence electrons. The summed E-state index contributed by atoms with van der Waals surface area (Å²) in [5.74, 6) is -0.880. The number of nitrogens with one attached hydrogen (secondary N) is 1. The van der Waals surface area contributed by atoms with Gasteiger partial charge in [0.2, 0.25) is 9.84 Å². The number of nitrogens with zero attached hydrogens (tertiary/aromatic N) is 2. The molecule has 8 nitrogen and oxygen atoms in total. The van der Waals surface area contributed by atoms with Gasteiger partial charge >= 0.3 is 5.97 Å². The molecule has 0 bridgehead atoms. The van der Waals surface area contributed by atoms with Crippen LogP contribution >= 0.6 is 24.0 Å². The highest BCUT2D eigenvalue weighted by Gasteiger charge is 2.44. The largest absolute Gasteiger partial charge is 0.480 e. The molecule has 2 aromatic carbocycles. The maximum absolute atomic E-state index is 13.8. The number of halogens is 2. The summed E-state index contributed by atoms with van der Waals surface area (Å²) in [6.07, 6.45) is 2.63. The molecule has 2 aromatic heterocycles. The standard InChI is InChI=1S/C26H23ClN4O4S.ClH/c27-21-12-10-20(11-13-21)19-8-6-18(7-9-19)15-26(28,36(34,35)22-3-2-14-29-16-22)23-4-1-5-24(31-23)30-17-25(32)33;/h1-14,16H,15,17,28H2,(H,30,31)(H,32,33);1H. The van der Waals surface area contributed by atoms with Gasteiger partial charge in [0.15, 0.2) is 4.87 Å². The Labute approximate surface area is 225 Å². The van der Waals surface area contributed by atoms with Crippen molar-refractivity contribution in [2.45, 2.75) is 16.2 Å². The summed E-state index contributed by atoms with van der Waals surface area (Å²) in [5.41, 5.74) is 9.36. The van der Waals surface area contributed by atoms with Crippen LogP contribution in [0.25, 0.3) is 11.1 Å². The highest BCUT2D eigenvalue weighted by Crippen LogP contribution is 2.34. The zero-order chi connectivity index (χ0) is 25.8. The van der Waals surface area contributed by atoms with Gasteiger partial charge in [0.25, 0.3) is 0 Å². The fraction of sp³-hybridized carbons (Fsp3) is 0.115. The molecule has 2 heterocycles. The van der Waals surface area contributed by atoms with E-state index < -0.39 is 20.7 Å². The van der Waals surface area contributed by atoms with Crippen LogP contribution in [-0.2, 0) is 25.9 Å². The third kappa shape index (κ3) is 6.26. The van der Waals surface area contributed by atoms with E-state index in [-0.39, 0.29) is 41.8 Å². The number of aromatic nitrogens is 2. The Morgan fingerprint density at radius 3 is 2.22 bits per heavy atom. The van der Waals surface area contributed by atoms with Gasteiger partial charge in [-0.25, -0.2) is 13.4 Å². The minimum atomic E-state index is -4.17. The topological polar surface area (TPSA) is 135 Å². The number of carboxylic acids is 1. The van der Waals surface area contributed by atoms with Crippen molar-refractivity contribution < 1.29 is 18.3 Å². The normalized spacial score (nSPS) is 12.7. The molecule has 0 radical (unpaired) electrons. The minimum absolute atomic E-state index is 0. The number of pyridine rings is 2. The lowest BCUT2D eigenvalue weighted by atomic mass is 9.99. The maximum atomic E-state index is 13.8. The number of carbonyl (C=O) groups is 1. The third-order valence-electron chi connectivity index (χ3n) is 5.63. The van der Waals surface area contributed by atoms with E-state index in [2.05, 4.69) is 15.3 Å². The molecular formula is C26H24Cl2N4O4S. The van der Waals surface area contributed by atoms with E-state index in [0.717, 1.165) is 11.1 Å². The number of rotatable bonds is 9. The van der Waals surface area contributed by atoms with Crippen molar-refractivity contribution in [1.29, 1.82) is 0 Å². The number of sulfone groups is 1. The molecule has 37 heavy (non-hydrogen) atoms. The molecule has 4 rings (SSSR count). The van der Waals surface area contributed by atoms with Crippen molar-refractivity contribution >= 4 is 45.6 Å². The first-order chi connectivity index (χ1) is 17.2. The molecule has 0 amide bonds. The molecule has 1 unspecified atom stereocenters. The van der Waals surface area contributed by atoms with Crippen LogP contribution in [0.5, 0.6) is 0 Å². The Hall–Kier alpha value is -3.50. The van der Waals surface area contributed by atoms with E-state index in [9.17, 15) is 13.2 Å². The van der Waals surface area contributed by atoms with Crippen molar-refractivity contribution in [3.05, 3.63) is 108 Å². The Kier molecular flexibility index (Phi) is 8.88. The van der Waals surface area contributed by atoms with Gasteiger partial charge in [-0.3, -0.25) is 9.78 Å². The van der Waals surface area contributed by atoms with Crippen molar-refractivity contribution in [3.63, 3.8) is 0 Å². The fourth-order valence-corrected chi connectivity index (χ4v) is 5.48. The Bertz CT molecular complexity index is 1470. The van der Waals surface area contributed by atoms with Crippen LogP contribution in [-0.4, -0.2) is 36.0 Å². The second-order valence-electron chi connectivity index (χ2n) is 8.12. The number of nitrogens with two attached hydrogens (primary N) is 1. The first-order valence-corrected chi connectivity index (χ1v) is 12.8. The molecule has 0 saturated heterocycles. The summed E-state index contributed by atoms with van der Waals surface area (Å²) >= 11 is 5.98. The molecule has 11 heteroatoms. The Morgan fingerprint density at radius 1 is 0.973 bits per heavy atom. The van der Waals surface area contributed by atoms with E-state index in [1.807, 2.05) is 36.4 Å². The van der Waals surface area contributed by atoms with Crippen LogP contribution in [0, 0.1) is 0 Å². The molecule has 0 aliphatic heterocycles. The first kappa shape index (κ1) is 28.1. The van der Waals surface area contributed by atoms with Gasteiger partial charge in [-0.05, 0) is 53.1 Å². The van der Waals surface area contributed by atoms with E-state index >= 15 is 0 Å². The number of aliphatic carboxylic acids is 1. The van der Waals surface area contributed by atoms with Gasteiger partial charge in [0.1, 0.15) is 12.4 Å². The zero-order valence-corrected chi connectivity index (χ0v) is 21.8. The average Bonchev–Trinajstić information content (AvgIpc) is 2.89. The van der Waals surface area contributed by atoms with Crippen LogP contribution in [0.3, 0.4) is 0 Å². The van der Waals surface area contributed by atoms with E-state index in [1.54, 1.807) is 24.3 Å². The van der Waals surface area contributed by atoms with Crippen LogP contribution < -0.4 is 11.1 Å². The zero-order valence-electron chi connectivity index (χ0n) is 19.4. The SMILES string of the molecule is Cl.NC(Cc1ccc(-c2ccc(Cl)cc2)cc1)(c1cccc(NCC(=O)O)n1)S(=O)(=O)c1cccnc1. The van der Waals surface area contributed by atoms with Crippen molar-refractivity contribution in [3.8, 4) is 11.1 Å². The molecule has 0 spiro atoms. The summed E-state index contributed by atoms with van der Waals surface area (Å²) in [6, 6.07) is 22.4. The van der Waals surface area contributed by atoms with Crippen LogP contribution in [0.2, 0.25) is 5.02 Å². The van der Waals surface area contributed by atoms with Gasteiger partial charge in [0.05, 0.1) is 10.6 Å². The van der Waals surface area contributed by atoms with Gasteiger partial charge < -0.3 is 16.2 Å². The number of hydrogen-bond donors (Lipinski definition) is 3. The summed E-state index contributed by atoms with van der Waals surface area (Å²) in [7, 11) is -4.17. The van der Waals surface area contributed by atoms with Crippen LogP contribution in [0.4, 0.5) is 5.82 Å². The van der Waals surface area contributed by atoms with E-state index in [1.165, 1.54) is 30.6 Å². The predicted octanol–water partition coefficient (Wildman–Crippen LogP) is 4.54. The van der Waals surface area contributed by atoms with Gasteiger partial charge in [0, 0.05) is 23.8 Å². The van der Waals surface area contributed by atoms with Crippen molar-refractivity contribution in [2.24, 2.45) is 5.73 Å². The second-order valence-corrected chi connectivity index (χ2v) is 10.8. The smallest absolute Gasteiger partial charge is 0.322 e. The van der Waals surface area contributed by atoms with Gasteiger partial charge in [-0.15, -0.1) is 12.4 Å². The second kappa shape index (κ2) is 11.7. The van der Waals surface area contributed by atoms with E-state index in [4.69, 9.17) is 22.4 Å². The summed E-state index contributed by atoms with van der Waals surface area (Å²) < 4.78 is 27.6. The quantitative estimate of drug-likeness (QED) is 0.272. The highest BCUT2D eigenvalue weighted by molar-refractivity contribution is 7.92. The number of benzene rings is 2. The average molecular weight is 559 g/mol. The Morgan fingerprint density at radius 2 is 1.62 bits per heavy atom. The summed E-state index contributed by atoms with van der Waals surface area (Å²) in [6.45, 7) is -0.379. The lowest BCUT2D eigenvalue weighted by molar-refractivity contribution is -0.134. The van der Waals surface area contributed by atoms with Crippen LogP contribution in [0.15, 0.2) is 96.2 Å². The molecule has 0 fully saturated rings. The number of hydrogen-bond acceptors (Lipinski definition) is 7. The lowest BCUT2D eigenvalue weighted by Gasteiger charge is -2.29. The molecule has 4 N–H and O–H groups in total. The summed E-state index contributed by atoms with van der Waals surface area (Å²) in [5, 5.41) is 12.3. The van der Waals surface area contributed by atoms with Crippen molar-refractivity contribution in [1.82, 2.24) is 9.97 Å². The van der Waals surface area contributed by atoms with Gasteiger partial charge in [-0.1, -0.05) is 54.1 Å². The number of anilines is 1. The highest BCUT2D eigenvalue weighted by atomic mass is 35.5. The fourth-order valence-electron chi connectivity index (χ4n) is 3.74.